The zero-order valence-electron chi connectivity index (χ0n) is 15.3. The van der Waals surface area contributed by atoms with Crippen LogP contribution < -0.4 is 4.74 Å². The van der Waals surface area contributed by atoms with Crippen molar-refractivity contribution in [3.05, 3.63) is 30.2 Å². The molecule has 2 aromatic rings. The second-order valence-electron chi connectivity index (χ2n) is 6.94. The summed E-state index contributed by atoms with van der Waals surface area (Å²) in [6.07, 6.45) is 2.85. The molecule has 0 bridgehead atoms. The Hall–Kier alpha value is -1.96. The van der Waals surface area contributed by atoms with Gasteiger partial charge in [-0.3, -0.25) is 9.80 Å². The average Bonchev–Trinajstić information content (AvgIpc) is 3.36. The Morgan fingerprint density at radius 2 is 1.85 bits per heavy atom. The summed E-state index contributed by atoms with van der Waals surface area (Å²) in [7, 11) is 1.65. The van der Waals surface area contributed by atoms with E-state index in [-0.39, 0.29) is 0 Å². The van der Waals surface area contributed by atoms with Crippen molar-refractivity contribution in [1.82, 2.24) is 20.0 Å². The molecule has 7 nitrogen and oxygen atoms in total. The number of hydrogen-bond donors (Lipinski definition) is 0. The number of methoxy groups -OCH3 is 1. The molecule has 3 heterocycles. The maximum Gasteiger partial charge on any atom is 0.247 e. The van der Waals surface area contributed by atoms with Crippen LogP contribution in [0.5, 0.6) is 5.75 Å². The molecule has 1 unspecified atom stereocenters. The minimum Gasteiger partial charge on any atom is -0.497 e. The Balaban J connectivity index is 1.27. The first-order valence-electron chi connectivity index (χ1n) is 9.33. The number of rotatable bonds is 6. The standard InChI is InChI=1S/C19H26N4O3/c1-24-16-6-4-15(5-7-16)19-21-20-18(26-19)14-23-10-8-22(9-11-23)13-17-3-2-12-25-17/h4-7,17H,2-3,8-14H2,1H3. The topological polar surface area (TPSA) is 63.9 Å². The van der Waals surface area contributed by atoms with Gasteiger partial charge in [-0.05, 0) is 37.1 Å². The van der Waals surface area contributed by atoms with Crippen molar-refractivity contribution in [1.29, 1.82) is 0 Å². The fourth-order valence-corrected chi connectivity index (χ4v) is 3.57. The molecule has 0 N–H and O–H groups in total. The van der Waals surface area contributed by atoms with Gasteiger partial charge in [0.15, 0.2) is 0 Å². The van der Waals surface area contributed by atoms with Gasteiger partial charge in [0.1, 0.15) is 5.75 Å². The normalized spacial score (nSPS) is 22.0. The number of piperazine rings is 1. The predicted molar refractivity (Wildman–Crippen MR) is 97.0 cm³/mol. The van der Waals surface area contributed by atoms with Crippen LogP contribution in [-0.4, -0.2) is 72.5 Å². The largest absolute Gasteiger partial charge is 0.497 e. The van der Waals surface area contributed by atoms with Gasteiger partial charge in [-0.1, -0.05) is 0 Å². The molecule has 1 aromatic carbocycles. The Morgan fingerprint density at radius 1 is 1.08 bits per heavy atom. The summed E-state index contributed by atoms with van der Waals surface area (Å²) in [4.78, 5) is 4.88. The number of hydrogen-bond acceptors (Lipinski definition) is 7. The second kappa shape index (κ2) is 8.16. The minimum atomic E-state index is 0.435. The maximum atomic E-state index is 5.84. The van der Waals surface area contributed by atoms with Gasteiger partial charge < -0.3 is 13.9 Å². The van der Waals surface area contributed by atoms with Crippen LogP contribution in [-0.2, 0) is 11.3 Å². The molecule has 7 heteroatoms. The summed E-state index contributed by atoms with van der Waals surface area (Å²) < 4.78 is 16.8. The van der Waals surface area contributed by atoms with Gasteiger partial charge in [0.25, 0.3) is 0 Å². The van der Waals surface area contributed by atoms with Gasteiger partial charge >= 0.3 is 0 Å². The van der Waals surface area contributed by atoms with Crippen molar-refractivity contribution in [2.24, 2.45) is 0 Å². The van der Waals surface area contributed by atoms with E-state index in [0.29, 0.717) is 24.4 Å². The quantitative estimate of drug-likeness (QED) is 0.783. The summed E-state index contributed by atoms with van der Waals surface area (Å²) in [6.45, 7) is 6.88. The summed E-state index contributed by atoms with van der Waals surface area (Å²) in [5.41, 5.74) is 0.908. The van der Waals surface area contributed by atoms with E-state index in [2.05, 4.69) is 20.0 Å². The van der Waals surface area contributed by atoms with E-state index in [1.54, 1.807) is 7.11 Å². The fraction of sp³-hybridized carbons (Fsp3) is 0.579. The van der Waals surface area contributed by atoms with Crippen LogP contribution in [0, 0.1) is 0 Å². The van der Waals surface area contributed by atoms with E-state index >= 15 is 0 Å². The first-order valence-corrected chi connectivity index (χ1v) is 9.33. The molecule has 26 heavy (non-hydrogen) atoms. The average molecular weight is 358 g/mol. The number of nitrogens with zero attached hydrogens (tertiary/aromatic N) is 4. The molecule has 2 aliphatic heterocycles. The molecule has 0 aliphatic carbocycles. The molecular weight excluding hydrogens is 332 g/mol. The minimum absolute atomic E-state index is 0.435. The molecule has 1 aromatic heterocycles. The van der Waals surface area contributed by atoms with Crippen molar-refractivity contribution in [3.63, 3.8) is 0 Å². The third-order valence-electron chi connectivity index (χ3n) is 5.11. The summed E-state index contributed by atoms with van der Waals surface area (Å²) >= 11 is 0. The van der Waals surface area contributed by atoms with E-state index in [1.807, 2.05) is 24.3 Å². The second-order valence-corrected chi connectivity index (χ2v) is 6.94. The molecule has 2 aliphatic rings. The molecule has 0 amide bonds. The van der Waals surface area contributed by atoms with Crippen LogP contribution in [0.1, 0.15) is 18.7 Å². The van der Waals surface area contributed by atoms with Crippen LogP contribution in [0.25, 0.3) is 11.5 Å². The highest BCUT2D eigenvalue weighted by molar-refractivity contribution is 5.53. The van der Waals surface area contributed by atoms with Crippen LogP contribution in [0.2, 0.25) is 0 Å². The Morgan fingerprint density at radius 3 is 2.54 bits per heavy atom. The van der Waals surface area contributed by atoms with Crippen molar-refractivity contribution in [2.45, 2.75) is 25.5 Å². The zero-order chi connectivity index (χ0) is 17.8. The number of aromatic nitrogens is 2. The van der Waals surface area contributed by atoms with E-state index < -0.39 is 0 Å². The van der Waals surface area contributed by atoms with Crippen molar-refractivity contribution >= 4 is 0 Å². The molecule has 2 saturated heterocycles. The van der Waals surface area contributed by atoms with Gasteiger partial charge in [0, 0.05) is 44.9 Å². The van der Waals surface area contributed by atoms with Crippen LogP contribution in [0.15, 0.2) is 28.7 Å². The summed E-state index contributed by atoms with van der Waals surface area (Å²) in [5.74, 6) is 2.04. The molecule has 1 atom stereocenters. The Labute approximate surface area is 153 Å². The van der Waals surface area contributed by atoms with Gasteiger partial charge in [0.2, 0.25) is 11.8 Å². The van der Waals surface area contributed by atoms with Gasteiger partial charge in [0.05, 0.1) is 19.8 Å². The predicted octanol–water partition coefficient (Wildman–Crippen LogP) is 2.04. The van der Waals surface area contributed by atoms with Gasteiger partial charge in [-0.2, -0.15) is 0 Å². The SMILES string of the molecule is COc1ccc(-c2nnc(CN3CCN(CC4CCCO4)CC3)o2)cc1. The molecule has 140 valence electrons. The van der Waals surface area contributed by atoms with E-state index in [4.69, 9.17) is 13.9 Å². The lowest BCUT2D eigenvalue weighted by molar-refractivity contribution is 0.0472. The van der Waals surface area contributed by atoms with E-state index in [1.165, 1.54) is 12.8 Å². The molecule has 0 spiro atoms. The highest BCUT2D eigenvalue weighted by atomic mass is 16.5. The lowest BCUT2D eigenvalue weighted by atomic mass is 10.2. The van der Waals surface area contributed by atoms with Gasteiger partial charge in [-0.25, -0.2) is 0 Å². The smallest absolute Gasteiger partial charge is 0.247 e. The van der Waals surface area contributed by atoms with Crippen molar-refractivity contribution in [2.75, 3.05) is 46.4 Å². The zero-order valence-corrected chi connectivity index (χ0v) is 15.3. The molecule has 4 rings (SSSR count). The van der Waals surface area contributed by atoms with Crippen molar-refractivity contribution in [3.8, 4) is 17.2 Å². The van der Waals surface area contributed by atoms with Gasteiger partial charge in [-0.15, -0.1) is 10.2 Å². The fourth-order valence-electron chi connectivity index (χ4n) is 3.57. The van der Waals surface area contributed by atoms with Crippen molar-refractivity contribution < 1.29 is 13.9 Å². The summed E-state index contributed by atoms with van der Waals surface area (Å²) in [5, 5.41) is 8.39. The first kappa shape index (κ1) is 17.5. The third-order valence-corrected chi connectivity index (χ3v) is 5.11. The lowest BCUT2D eigenvalue weighted by Crippen LogP contribution is -2.48. The van der Waals surface area contributed by atoms with E-state index in [9.17, 15) is 0 Å². The molecular formula is C19H26N4O3. The maximum absolute atomic E-state index is 5.84. The van der Waals surface area contributed by atoms with Crippen LogP contribution >= 0.6 is 0 Å². The highest BCUT2D eigenvalue weighted by Crippen LogP contribution is 2.22. The third kappa shape index (κ3) is 4.23. The molecule has 2 fully saturated rings. The molecule has 0 saturated carbocycles. The Bertz CT molecular complexity index is 689. The number of ether oxygens (including phenoxy) is 2. The number of benzene rings is 1. The lowest BCUT2D eigenvalue weighted by Gasteiger charge is -2.34. The molecule has 0 radical (unpaired) electrons. The monoisotopic (exact) mass is 358 g/mol. The van der Waals surface area contributed by atoms with E-state index in [0.717, 1.165) is 50.6 Å². The Kier molecular flexibility index (Phi) is 5.48. The van der Waals surface area contributed by atoms with Crippen LogP contribution in [0.3, 0.4) is 0 Å². The van der Waals surface area contributed by atoms with Crippen LogP contribution in [0.4, 0.5) is 0 Å². The first-order chi connectivity index (χ1) is 12.8. The highest BCUT2D eigenvalue weighted by Gasteiger charge is 2.23. The summed E-state index contributed by atoms with van der Waals surface area (Å²) in [6, 6.07) is 7.65.